The van der Waals surface area contributed by atoms with E-state index in [2.05, 4.69) is 26.3 Å². The van der Waals surface area contributed by atoms with E-state index in [1.165, 1.54) is 6.07 Å². The van der Waals surface area contributed by atoms with E-state index in [0.29, 0.717) is 37.3 Å². The number of halogens is 1. The Morgan fingerprint density at radius 3 is 2.61 bits per heavy atom. The van der Waals surface area contributed by atoms with Gasteiger partial charge in [-0.05, 0) is 49.9 Å². The molecule has 2 aromatic heterocycles. The first kappa shape index (κ1) is 19.9. The lowest BCUT2D eigenvalue weighted by Gasteiger charge is -2.42. The highest BCUT2D eigenvalue weighted by Gasteiger charge is 2.47. The number of nitrogens with one attached hydrogen (secondary N) is 1. The van der Waals surface area contributed by atoms with Crippen LogP contribution in [-0.4, -0.2) is 52.5 Å². The average molecular weight is 420 g/mol. The number of hydrogen-bond acceptors (Lipinski definition) is 6. The summed E-state index contributed by atoms with van der Waals surface area (Å²) in [5.41, 5.74) is 0.602. The van der Waals surface area contributed by atoms with Crippen LogP contribution in [0.1, 0.15) is 43.4 Å². The van der Waals surface area contributed by atoms with Gasteiger partial charge in [-0.15, -0.1) is 0 Å². The summed E-state index contributed by atoms with van der Waals surface area (Å²) in [7, 11) is 0. The van der Waals surface area contributed by atoms with Crippen molar-refractivity contribution in [3.63, 3.8) is 0 Å². The molecule has 2 unspecified atom stereocenters. The highest BCUT2D eigenvalue weighted by Crippen LogP contribution is 2.45. The molecule has 5 rings (SSSR count). The molecule has 160 valence electrons. The highest BCUT2D eigenvalue weighted by molar-refractivity contribution is 5.77. The van der Waals surface area contributed by atoms with E-state index in [0.717, 1.165) is 31.5 Å². The second-order valence-electron chi connectivity index (χ2n) is 8.70. The van der Waals surface area contributed by atoms with Crippen LogP contribution in [0, 0.1) is 17.1 Å². The minimum absolute atomic E-state index is 0.133. The van der Waals surface area contributed by atoms with Crippen LogP contribution in [0.5, 0.6) is 0 Å². The van der Waals surface area contributed by atoms with Gasteiger partial charge in [0, 0.05) is 50.5 Å². The molecule has 31 heavy (non-hydrogen) atoms. The van der Waals surface area contributed by atoms with Gasteiger partial charge in [0.25, 0.3) is 0 Å². The Kier molecular flexibility index (Phi) is 5.06. The molecule has 1 aliphatic carbocycles. The van der Waals surface area contributed by atoms with Gasteiger partial charge in [-0.3, -0.25) is 9.78 Å². The van der Waals surface area contributed by atoms with Gasteiger partial charge in [-0.1, -0.05) is 0 Å². The van der Waals surface area contributed by atoms with Crippen LogP contribution >= 0.6 is 0 Å². The predicted molar refractivity (Wildman–Crippen MR) is 113 cm³/mol. The molecule has 2 atom stereocenters. The van der Waals surface area contributed by atoms with E-state index in [1.54, 1.807) is 24.5 Å². The van der Waals surface area contributed by atoms with Gasteiger partial charge in [0.1, 0.15) is 17.7 Å². The Hall–Kier alpha value is -3.05. The lowest BCUT2D eigenvalue weighted by atomic mass is 10.1. The number of hydrogen-bond donors (Lipinski definition) is 1. The zero-order valence-electron chi connectivity index (χ0n) is 17.3. The third-order valence-corrected chi connectivity index (χ3v) is 6.74. The number of carbonyl (C=O) groups excluding carboxylic acids is 1. The lowest BCUT2D eigenvalue weighted by Crippen LogP contribution is -2.56. The molecule has 3 fully saturated rings. The van der Waals surface area contributed by atoms with Gasteiger partial charge >= 0.3 is 0 Å². The van der Waals surface area contributed by atoms with Gasteiger partial charge < -0.3 is 15.1 Å². The standard InChI is InChI=1S/C23H25FN6O/c24-19-2-1-10-26-22(19)23(8-9-23)28-11-7-21(31)29-14-17-4-5-18(15-29)30(17)20-6-3-16(12-25)13-27-20/h1-3,6,10,13,17-18,28H,4-5,7-9,11,14-15H2. The molecule has 0 spiro atoms. The topological polar surface area (TPSA) is 85.2 Å². The number of carbonyl (C=O) groups is 1. The second kappa shape index (κ2) is 7.89. The summed E-state index contributed by atoms with van der Waals surface area (Å²) in [6, 6.07) is 9.35. The predicted octanol–water partition coefficient (Wildman–Crippen LogP) is 2.34. The van der Waals surface area contributed by atoms with Crippen molar-refractivity contribution in [3.8, 4) is 6.07 Å². The normalized spacial score (nSPS) is 23.5. The van der Waals surface area contributed by atoms with Crippen LogP contribution in [0.15, 0.2) is 36.7 Å². The van der Waals surface area contributed by atoms with Crippen LogP contribution in [0.25, 0.3) is 0 Å². The molecular formula is C23H25FN6O. The number of nitrogens with zero attached hydrogens (tertiary/aromatic N) is 5. The maximum Gasteiger partial charge on any atom is 0.223 e. The number of nitriles is 1. The molecule has 0 aromatic carbocycles. The smallest absolute Gasteiger partial charge is 0.223 e. The molecule has 2 saturated heterocycles. The number of pyridine rings is 2. The van der Waals surface area contributed by atoms with Crippen LogP contribution < -0.4 is 10.2 Å². The van der Waals surface area contributed by atoms with Gasteiger partial charge in [-0.25, -0.2) is 9.37 Å². The Balaban J connectivity index is 1.17. The number of anilines is 1. The fourth-order valence-electron chi connectivity index (χ4n) is 5.01. The molecule has 7 nitrogen and oxygen atoms in total. The zero-order chi connectivity index (χ0) is 21.4. The van der Waals surface area contributed by atoms with Crippen molar-refractivity contribution in [1.29, 1.82) is 5.26 Å². The van der Waals surface area contributed by atoms with E-state index in [1.807, 2.05) is 11.0 Å². The summed E-state index contributed by atoms with van der Waals surface area (Å²) in [4.78, 5) is 25.8. The first-order valence-corrected chi connectivity index (χ1v) is 10.9. The fraction of sp³-hybridized carbons (Fsp3) is 0.478. The van der Waals surface area contributed by atoms with Crippen LogP contribution in [0.2, 0.25) is 0 Å². The molecular weight excluding hydrogens is 395 g/mol. The Morgan fingerprint density at radius 2 is 2.00 bits per heavy atom. The van der Waals surface area contributed by atoms with Gasteiger partial charge in [0.2, 0.25) is 5.91 Å². The number of amides is 1. The SMILES string of the molecule is N#Cc1ccc(N2C3CCC2CN(C(=O)CCNC2(c4ncccc4F)CC2)C3)nc1. The Bertz CT molecular complexity index is 1000. The van der Waals surface area contributed by atoms with Crippen molar-refractivity contribution in [1.82, 2.24) is 20.2 Å². The molecule has 8 heteroatoms. The summed E-state index contributed by atoms with van der Waals surface area (Å²) < 4.78 is 14.1. The second-order valence-corrected chi connectivity index (χ2v) is 8.70. The number of aromatic nitrogens is 2. The first-order valence-electron chi connectivity index (χ1n) is 10.9. The van der Waals surface area contributed by atoms with E-state index < -0.39 is 5.54 Å². The number of fused-ring (bicyclic) bond motifs is 2. The van der Waals surface area contributed by atoms with Gasteiger partial charge in [0.05, 0.1) is 16.8 Å². The summed E-state index contributed by atoms with van der Waals surface area (Å²) >= 11 is 0. The van der Waals surface area contributed by atoms with Crippen molar-refractivity contribution in [2.75, 3.05) is 24.5 Å². The van der Waals surface area contributed by atoms with Gasteiger partial charge in [-0.2, -0.15) is 5.26 Å². The first-order chi connectivity index (χ1) is 15.1. The van der Waals surface area contributed by atoms with Crippen molar-refractivity contribution in [2.24, 2.45) is 0 Å². The zero-order valence-corrected chi connectivity index (χ0v) is 17.3. The molecule has 2 aliphatic heterocycles. The molecule has 4 heterocycles. The maximum atomic E-state index is 14.1. The van der Waals surface area contributed by atoms with E-state index >= 15 is 0 Å². The largest absolute Gasteiger partial charge is 0.347 e. The quantitative estimate of drug-likeness (QED) is 0.772. The number of likely N-dealkylation sites (tertiary alicyclic amines) is 1. The Labute approximate surface area is 180 Å². The third kappa shape index (κ3) is 3.74. The molecule has 0 radical (unpaired) electrons. The van der Waals surface area contributed by atoms with Crippen molar-refractivity contribution < 1.29 is 9.18 Å². The minimum Gasteiger partial charge on any atom is -0.347 e. The fourth-order valence-corrected chi connectivity index (χ4v) is 5.01. The molecule has 1 N–H and O–H groups in total. The third-order valence-electron chi connectivity index (χ3n) is 6.74. The molecule has 1 saturated carbocycles. The van der Waals surface area contributed by atoms with E-state index in [4.69, 9.17) is 5.26 Å². The van der Waals surface area contributed by atoms with Crippen LogP contribution in [-0.2, 0) is 10.3 Å². The summed E-state index contributed by atoms with van der Waals surface area (Å²) in [6.07, 6.45) is 7.38. The molecule has 2 aromatic rings. The van der Waals surface area contributed by atoms with Crippen molar-refractivity contribution >= 4 is 11.7 Å². The van der Waals surface area contributed by atoms with Crippen LogP contribution in [0.3, 0.4) is 0 Å². The summed E-state index contributed by atoms with van der Waals surface area (Å²) in [5, 5.41) is 12.4. The van der Waals surface area contributed by atoms with Gasteiger partial charge in [0.15, 0.2) is 0 Å². The number of piperazine rings is 1. The maximum absolute atomic E-state index is 14.1. The molecule has 2 bridgehead atoms. The van der Waals surface area contributed by atoms with Crippen molar-refractivity contribution in [3.05, 3.63) is 53.7 Å². The Morgan fingerprint density at radius 1 is 1.23 bits per heavy atom. The van der Waals surface area contributed by atoms with E-state index in [9.17, 15) is 9.18 Å². The monoisotopic (exact) mass is 420 g/mol. The molecule has 3 aliphatic rings. The minimum atomic E-state index is -0.412. The lowest BCUT2D eigenvalue weighted by molar-refractivity contribution is -0.132. The van der Waals surface area contributed by atoms with Crippen molar-refractivity contribution in [2.45, 2.75) is 49.7 Å². The average Bonchev–Trinajstić information content (AvgIpc) is 3.53. The highest BCUT2D eigenvalue weighted by atomic mass is 19.1. The molecule has 1 amide bonds. The summed E-state index contributed by atoms with van der Waals surface area (Å²) in [5.74, 6) is 0.727. The summed E-state index contributed by atoms with van der Waals surface area (Å²) in [6.45, 7) is 1.90. The van der Waals surface area contributed by atoms with Crippen LogP contribution in [0.4, 0.5) is 10.2 Å². The number of rotatable bonds is 6. The van der Waals surface area contributed by atoms with E-state index in [-0.39, 0.29) is 23.8 Å².